The number of nitriles is 1. The van der Waals surface area contributed by atoms with Crippen LogP contribution < -0.4 is 0 Å². The van der Waals surface area contributed by atoms with E-state index in [-0.39, 0.29) is 12.4 Å². The molecular weight excluding hydrogens is 244 g/mol. The van der Waals surface area contributed by atoms with Crippen LogP contribution in [0.2, 0.25) is 0 Å². The predicted octanol–water partition coefficient (Wildman–Crippen LogP) is 1.64. The molecule has 0 spiro atoms. The van der Waals surface area contributed by atoms with E-state index in [2.05, 4.69) is 11.1 Å². The molecule has 0 amide bonds. The minimum Gasteiger partial charge on any atom is -0.376 e. The van der Waals surface area contributed by atoms with Crippen molar-refractivity contribution in [2.24, 2.45) is 0 Å². The van der Waals surface area contributed by atoms with Crippen molar-refractivity contribution < 1.29 is 14.3 Å². The van der Waals surface area contributed by atoms with Crippen molar-refractivity contribution in [3.05, 3.63) is 35.5 Å². The Bertz CT molecular complexity index is 663. The quantitative estimate of drug-likeness (QED) is 0.829. The number of aromatic nitrogens is 1. The van der Waals surface area contributed by atoms with Gasteiger partial charge in [0.2, 0.25) is 0 Å². The van der Waals surface area contributed by atoms with Crippen molar-refractivity contribution in [1.29, 1.82) is 5.26 Å². The first-order valence-corrected chi connectivity index (χ1v) is 6.05. The number of ether oxygens (including phenoxy) is 2. The van der Waals surface area contributed by atoms with E-state index in [0.717, 1.165) is 5.52 Å². The predicted molar refractivity (Wildman–Crippen MR) is 67.9 cm³/mol. The molecule has 5 heteroatoms. The van der Waals surface area contributed by atoms with Gasteiger partial charge < -0.3 is 14.5 Å². The number of rotatable bonds is 2. The van der Waals surface area contributed by atoms with Gasteiger partial charge in [0.1, 0.15) is 6.10 Å². The fourth-order valence-electron chi connectivity index (χ4n) is 2.28. The van der Waals surface area contributed by atoms with Gasteiger partial charge in [0.25, 0.3) is 0 Å². The number of hydrogen-bond acceptors (Lipinski definition) is 4. The van der Waals surface area contributed by atoms with Gasteiger partial charge in [0.05, 0.1) is 31.5 Å². The van der Waals surface area contributed by atoms with Crippen LogP contribution in [0.15, 0.2) is 24.4 Å². The number of nitrogens with zero attached hydrogens (tertiary/aromatic N) is 1. The summed E-state index contributed by atoms with van der Waals surface area (Å²) in [5.74, 6) is -0.145. The lowest BCUT2D eigenvalue weighted by Gasteiger charge is -2.21. The number of benzene rings is 1. The second-order valence-corrected chi connectivity index (χ2v) is 4.34. The number of carbonyl (C=O) groups excluding carboxylic acids is 1. The van der Waals surface area contributed by atoms with Gasteiger partial charge in [-0.2, -0.15) is 5.26 Å². The maximum absolute atomic E-state index is 12.4. The van der Waals surface area contributed by atoms with E-state index < -0.39 is 6.10 Å². The topological polar surface area (TPSA) is 75.1 Å². The van der Waals surface area contributed by atoms with E-state index in [0.29, 0.717) is 29.7 Å². The number of Topliss-reactive ketones (excluding diaryl/α,β-unsaturated/α-hetero) is 1. The third-order valence-electron chi connectivity index (χ3n) is 3.20. The summed E-state index contributed by atoms with van der Waals surface area (Å²) in [6.45, 7) is 1.20. The zero-order chi connectivity index (χ0) is 13.2. The highest BCUT2D eigenvalue weighted by Gasteiger charge is 2.26. The summed E-state index contributed by atoms with van der Waals surface area (Å²) in [5, 5.41) is 9.80. The Hall–Kier alpha value is -2.16. The molecule has 0 saturated carbocycles. The highest BCUT2D eigenvalue weighted by molar-refractivity contribution is 6.11. The van der Waals surface area contributed by atoms with Crippen LogP contribution in [0.4, 0.5) is 0 Å². The van der Waals surface area contributed by atoms with E-state index in [1.54, 1.807) is 18.3 Å². The molecule has 1 saturated heterocycles. The molecule has 96 valence electrons. The standard InChI is InChI=1S/C14H12N2O3/c15-6-9-2-1-3-11-13(9)10(7-16-11)14(17)12-8-18-4-5-19-12/h1-3,7,12,16H,4-5,8H2. The minimum absolute atomic E-state index is 0.145. The lowest BCUT2D eigenvalue weighted by Crippen LogP contribution is -2.35. The van der Waals surface area contributed by atoms with Crippen LogP contribution in [0.25, 0.3) is 10.9 Å². The van der Waals surface area contributed by atoms with Crippen molar-refractivity contribution in [3.63, 3.8) is 0 Å². The molecule has 1 aliphatic heterocycles. The molecule has 1 aliphatic rings. The molecule has 5 nitrogen and oxygen atoms in total. The Morgan fingerprint density at radius 3 is 3.05 bits per heavy atom. The van der Waals surface area contributed by atoms with E-state index in [1.165, 1.54) is 0 Å². The first-order chi connectivity index (χ1) is 9.31. The number of ketones is 1. The molecule has 1 atom stereocenters. The number of carbonyl (C=O) groups is 1. The number of aromatic amines is 1. The maximum atomic E-state index is 12.4. The molecule has 0 bridgehead atoms. The first-order valence-electron chi connectivity index (χ1n) is 6.05. The Labute approximate surface area is 109 Å². The second kappa shape index (κ2) is 4.84. The SMILES string of the molecule is N#Cc1cccc2[nH]cc(C(=O)C3COCCO3)c12. The smallest absolute Gasteiger partial charge is 0.196 e. The summed E-state index contributed by atoms with van der Waals surface area (Å²) >= 11 is 0. The summed E-state index contributed by atoms with van der Waals surface area (Å²) in [4.78, 5) is 15.4. The monoisotopic (exact) mass is 256 g/mol. The Morgan fingerprint density at radius 2 is 2.32 bits per heavy atom. The zero-order valence-electron chi connectivity index (χ0n) is 10.2. The largest absolute Gasteiger partial charge is 0.376 e. The summed E-state index contributed by atoms with van der Waals surface area (Å²) in [6.07, 6.45) is 1.05. The molecule has 1 N–H and O–H groups in total. The van der Waals surface area contributed by atoms with Crippen LogP contribution in [0.3, 0.4) is 0 Å². The maximum Gasteiger partial charge on any atom is 0.196 e. The molecular formula is C14H12N2O3. The van der Waals surface area contributed by atoms with E-state index in [9.17, 15) is 4.79 Å². The van der Waals surface area contributed by atoms with Gasteiger partial charge in [0.15, 0.2) is 5.78 Å². The average Bonchev–Trinajstić information content (AvgIpc) is 2.91. The molecule has 2 heterocycles. The van der Waals surface area contributed by atoms with Crippen LogP contribution in [0.5, 0.6) is 0 Å². The van der Waals surface area contributed by atoms with Crippen LogP contribution in [-0.4, -0.2) is 36.7 Å². The Kier molecular flexibility index (Phi) is 3.03. The average molecular weight is 256 g/mol. The molecule has 3 rings (SSSR count). The zero-order valence-corrected chi connectivity index (χ0v) is 10.2. The minimum atomic E-state index is -0.584. The summed E-state index contributed by atoms with van der Waals surface area (Å²) < 4.78 is 10.7. The third kappa shape index (κ3) is 2.01. The van der Waals surface area contributed by atoms with Gasteiger partial charge >= 0.3 is 0 Å². The van der Waals surface area contributed by atoms with Gasteiger partial charge in [-0.25, -0.2) is 0 Å². The first kappa shape index (κ1) is 11.9. The molecule has 1 aromatic carbocycles. The fraction of sp³-hybridized carbons (Fsp3) is 0.286. The van der Waals surface area contributed by atoms with Crippen LogP contribution in [-0.2, 0) is 9.47 Å². The van der Waals surface area contributed by atoms with E-state index >= 15 is 0 Å². The lowest BCUT2D eigenvalue weighted by molar-refractivity contribution is -0.0718. The van der Waals surface area contributed by atoms with Gasteiger partial charge in [-0.05, 0) is 12.1 Å². The normalized spacial score (nSPS) is 19.2. The lowest BCUT2D eigenvalue weighted by atomic mass is 10.0. The molecule has 1 unspecified atom stereocenters. The number of H-pyrrole nitrogens is 1. The van der Waals surface area contributed by atoms with Crippen LogP contribution >= 0.6 is 0 Å². The van der Waals surface area contributed by atoms with Gasteiger partial charge in [0, 0.05) is 22.7 Å². The molecule has 0 radical (unpaired) electrons. The Balaban J connectivity index is 2.05. The second-order valence-electron chi connectivity index (χ2n) is 4.34. The fourth-order valence-corrected chi connectivity index (χ4v) is 2.28. The highest BCUT2D eigenvalue weighted by atomic mass is 16.6. The summed E-state index contributed by atoms with van der Waals surface area (Å²) in [6, 6.07) is 7.43. The van der Waals surface area contributed by atoms with Gasteiger partial charge in [-0.1, -0.05) is 6.07 Å². The third-order valence-corrected chi connectivity index (χ3v) is 3.20. The van der Waals surface area contributed by atoms with Gasteiger partial charge in [-0.3, -0.25) is 4.79 Å². The van der Waals surface area contributed by atoms with Crippen LogP contribution in [0, 0.1) is 11.3 Å². The summed E-state index contributed by atoms with van der Waals surface area (Å²) in [5.41, 5.74) is 1.75. The van der Waals surface area contributed by atoms with Crippen LogP contribution in [0.1, 0.15) is 15.9 Å². The van der Waals surface area contributed by atoms with E-state index in [1.807, 2.05) is 6.07 Å². The highest BCUT2D eigenvalue weighted by Crippen LogP contribution is 2.24. The molecule has 1 fully saturated rings. The summed E-state index contributed by atoms with van der Waals surface area (Å²) in [7, 11) is 0. The van der Waals surface area contributed by atoms with Crippen molar-refractivity contribution in [3.8, 4) is 6.07 Å². The van der Waals surface area contributed by atoms with Crippen molar-refractivity contribution >= 4 is 16.7 Å². The van der Waals surface area contributed by atoms with E-state index in [4.69, 9.17) is 14.7 Å². The molecule has 1 aromatic heterocycles. The number of fused-ring (bicyclic) bond motifs is 1. The molecule has 2 aromatic rings. The van der Waals surface area contributed by atoms with Crippen molar-refractivity contribution in [2.75, 3.05) is 19.8 Å². The number of nitrogens with one attached hydrogen (secondary N) is 1. The Morgan fingerprint density at radius 1 is 1.42 bits per heavy atom. The molecule has 19 heavy (non-hydrogen) atoms. The van der Waals surface area contributed by atoms with Crippen molar-refractivity contribution in [2.45, 2.75) is 6.10 Å². The number of hydrogen-bond donors (Lipinski definition) is 1. The molecule has 0 aliphatic carbocycles. The van der Waals surface area contributed by atoms with Gasteiger partial charge in [-0.15, -0.1) is 0 Å². The van der Waals surface area contributed by atoms with Crippen molar-refractivity contribution in [1.82, 2.24) is 4.98 Å².